The van der Waals surface area contributed by atoms with Crippen molar-refractivity contribution < 1.29 is 0 Å². The molecule has 0 atom stereocenters. The fourth-order valence-electron chi connectivity index (χ4n) is 8.56. The van der Waals surface area contributed by atoms with E-state index in [0.717, 1.165) is 17.1 Å². The Morgan fingerprint density at radius 3 is 1.30 bits per heavy atom. The smallest absolute Gasteiger partial charge is 0.0540 e. The monoisotopic (exact) mass is 698 g/mol. The summed E-state index contributed by atoms with van der Waals surface area (Å²) in [5.41, 5.74) is 12.5. The minimum Gasteiger partial charge on any atom is -0.310 e. The molecule has 0 heterocycles. The molecule has 9 rings (SSSR count). The molecule has 0 saturated heterocycles. The number of para-hydroxylation sites is 1. The number of anilines is 6. The second kappa shape index (κ2) is 13.4. The third kappa shape index (κ3) is 6.02. The molecule has 8 aromatic carbocycles. The summed E-state index contributed by atoms with van der Waals surface area (Å²) in [6, 6.07) is 66.5. The molecule has 0 aliphatic heterocycles. The standard InChI is InChI=1S/C52H46N2/c1-51(2)34-35-52(3,4)48-36-44(32-33-47(48)51)54(50-23-13-17-40-15-9-11-21-46(40)50)43-30-26-38(27-31-43)37-24-28-42(29-25-37)53(41-18-6-5-7-19-41)49-22-12-16-39-14-8-10-20-45(39)49/h5-33,36H,34-35H2,1-4H3. The predicted octanol–water partition coefficient (Wildman–Crippen LogP) is 14.9. The molecule has 0 amide bonds. The molecule has 1 aliphatic rings. The van der Waals surface area contributed by atoms with Crippen LogP contribution in [0.4, 0.5) is 34.1 Å². The van der Waals surface area contributed by atoms with E-state index in [-0.39, 0.29) is 10.8 Å². The zero-order valence-electron chi connectivity index (χ0n) is 31.6. The van der Waals surface area contributed by atoms with Crippen molar-refractivity contribution in [2.24, 2.45) is 0 Å². The summed E-state index contributed by atoms with van der Waals surface area (Å²) in [4.78, 5) is 4.81. The van der Waals surface area contributed by atoms with Gasteiger partial charge in [-0.1, -0.05) is 149 Å². The number of hydrogen-bond acceptors (Lipinski definition) is 2. The molecule has 0 spiro atoms. The van der Waals surface area contributed by atoms with Crippen LogP contribution in [-0.2, 0) is 10.8 Å². The van der Waals surface area contributed by atoms with Crippen LogP contribution in [0.25, 0.3) is 32.7 Å². The second-order valence-electron chi connectivity index (χ2n) is 16.1. The molecule has 0 fully saturated rings. The van der Waals surface area contributed by atoms with Crippen molar-refractivity contribution in [3.63, 3.8) is 0 Å². The van der Waals surface area contributed by atoms with Gasteiger partial charge in [-0.3, -0.25) is 0 Å². The summed E-state index contributed by atoms with van der Waals surface area (Å²) in [5.74, 6) is 0. The molecule has 54 heavy (non-hydrogen) atoms. The second-order valence-corrected chi connectivity index (χ2v) is 16.1. The normalized spacial score (nSPS) is 14.4. The molecule has 2 nitrogen and oxygen atoms in total. The van der Waals surface area contributed by atoms with Gasteiger partial charge < -0.3 is 9.80 Å². The van der Waals surface area contributed by atoms with E-state index in [1.165, 1.54) is 73.7 Å². The summed E-state index contributed by atoms with van der Waals surface area (Å²) in [6.45, 7) is 9.62. The number of nitrogens with zero attached hydrogens (tertiary/aromatic N) is 2. The fourth-order valence-corrected chi connectivity index (χ4v) is 8.56. The summed E-state index contributed by atoms with van der Waals surface area (Å²) in [7, 11) is 0. The molecule has 0 aromatic heterocycles. The Balaban J connectivity index is 1.11. The van der Waals surface area contributed by atoms with Crippen molar-refractivity contribution in [1.29, 1.82) is 0 Å². The highest BCUT2D eigenvalue weighted by atomic mass is 15.1. The lowest BCUT2D eigenvalue weighted by molar-refractivity contribution is 0.332. The lowest BCUT2D eigenvalue weighted by Crippen LogP contribution is -2.34. The molecular formula is C52H46N2. The van der Waals surface area contributed by atoms with Crippen LogP contribution in [0.5, 0.6) is 0 Å². The molecule has 0 N–H and O–H groups in total. The summed E-state index contributed by atoms with van der Waals surface area (Å²) in [5, 5.41) is 4.94. The van der Waals surface area contributed by atoms with Gasteiger partial charge >= 0.3 is 0 Å². The summed E-state index contributed by atoms with van der Waals surface area (Å²) >= 11 is 0. The van der Waals surface area contributed by atoms with Gasteiger partial charge in [0.15, 0.2) is 0 Å². The Bertz CT molecular complexity index is 2590. The van der Waals surface area contributed by atoms with Crippen molar-refractivity contribution >= 4 is 55.7 Å². The third-order valence-corrected chi connectivity index (χ3v) is 11.7. The van der Waals surface area contributed by atoms with Crippen LogP contribution in [0.1, 0.15) is 51.7 Å². The average molecular weight is 699 g/mol. The highest BCUT2D eigenvalue weighted by Gasteiger charge is 2.37. The SMILES string of the molecule is CC1(C)CCC(C)(C)c2cc(N(c3ccc(-c4ccc(N(c5ccccc5)c5cccc6ccccc56)cc4)cc3)c3cccc4ccccc34)ccc21. The van der Waals surface area contributed by atoms with Gasteiger partial charge in [0.05, 0.1) is 11.4 Å². The van der Waals surface area contributed by atoms with E-state index in [1.54, 1.807) is 0 Å². The van der Waals surface area contributed by atoms with E-state index in [9.17, 15) is 0 Å². The van der Waals surface area contributed by atoms with E-state index < -0.39 is 0 Å². The third-order valence-electron chi connectivity index (χ3n) is 11.7. The molecule has 0 radical (unpaired) electrons. The Morgan fingerprint density at radius 1 is 0.352 bits per heavy atom. The van der Waals surface area contributed by atoms with Crippen LogP contribution in [0.15, 0.2) is 182 Å². The topological polar surface area (TPSA) is 6.48 Å². The van der Waals surface area contributed by atoms with Gasteiger partial charge in [-0.2, -0.15) is 0 Å². The first-order valence-electron chi connectivity index (χ1n) is 19.2. The number of rotatable bonds is 7. The van der Waals surface area contributed by atoms with Crippen LogP contribution in [0.2, 0.25) is 0 Å². The minimum absolute atomic E-state index is 0.116. The highest BCUT2D eigenvalue weighted by molar-refractivity contribution is 6.00. The zero-order chi connectivity index (χ0) is 36.9. The molecule has 0 unspecified atom stereocenters. The predicted molar refractivity (Wildman–Crippen MR) is 232 cm³/mol. The maximum atomic E-state index is 2.47. The van der Waals surface area contributed by atoms with E-state index >= 15 is 0 Å². The summed E-state index contributed by atoms with van der Waals surface area (Å²) < 4.78 is 0. The Hall–Kier alpha value is -6.12. The van der Waals surface area contributed by atoms with E-state index in [1.807, 2.05) is 0 Å². The lowest BCUT2D eigenvalue weighted by atomic mass is 9.63. The number of hydrogen-bond donors (Lipinski definition) is 0. The zero-order valence-corrected chi connectivity index (χ0v) is 31.6. The molecule has 0 saturated carbocycles. The largest absolute Gasteiger partial charge is 0.310 e. The van der Waals surface area contributed by atoms with Crippen molar-refractivity contribution in [2.45, 2.75) is 51.4 Å². The van der Waals surface area contributed by atoms with Gasteiger partial charge in [0.25, 0.3) is 0 Å². The van der Waals surface area contributed by atoms with E-state index in [2.05, 4.69) is 219 Å². The number of benzene rings is 8. The highest BCUT2D eigenvalue weighted by Crippen LogP contribution is 2.49. The quantitative estimate of drug-likeness (QED) is 0.163. The molecule has 264 valence electrons. The van der Waals surface area contributed by atoms with Crippen molar-refractivity contribution in [3.05, 3.63) is 193 Å². The molecule has 8 aromatic rings. The van der Waals surface area contributed by atoms with E-state index in [4.69, 9.17) is 0 Å². The maximum absolute atomic E-state index is 2.47. The van der Waals surface area contributed by atoms with Gasteiger partial charge in [-0.15, -0.1) is 0 Å². The van der Waals surface area contributed by atoms with Crippen molar-refractivity contribution in [3.8, 4) is 11.1 Å². The van der Waals surface area contributed by atoms with Crippen LogP contribution in [0, 0.1) is 0 Å². The van der Waals surface area contributed by atoms with Gasteiger partial charge in [0.1, 0.15) is 0 Å². The van der Waals surface area contributed by atoms with Crippen LogP contribution >= 0.6 is 0 Å². The number of fused-ring (bicyclic) bond motifs is 3. The summed E-state index contributed by atoms with van der Waals surface area (Å²) in [6.07, 6.45) is 2.39. The molecule has 0 bridgehead atoms. The average Bonchev–Trinajstić information content (AvgIpc) is 3.21. The Kier molecular flexibility index (Phi) is 8.35. The lowest BCUT2D eigenvalue weighted by Gasteiger charge is -2.42. The Morgan fingerprint density at radius 2 is 0.759 bits per heavy atom. The fraction of sp³-hybridized carbons (Fsp3) is 0.154. The van der Waals surface area contributed by atoms with Crippen LogP contribution < -0.4 is 9.80 Å². The van der Waals surface area contributed by atoms with Crippen molar-refractivity contribution in [2.75, 3.05) is 9.80 Å². The maximum Gasteiger partial charge on any atom is 0.0540 e. The van der Waals surface area contributed by atoms with Gasteiger partial charge in [0, 0.05) is 33.5 Å². The first kappa shape index (κ1) is 33.7. The minimum atomic E-state index is 0.116. The van der Waals surface area contributed by atoms with Gasteiger partial charge in [0.2, 0.25) is 0 Å². The Labute approximate surface area is 320 Å². The van der Waals surface area contributed by atoms with E-state index in [0.29, 0.717) is 0 Å². The van der Waals surface area contributed by atoms with Gasteiger partial charge in [-0.25, -0.2) is 0 Å². The molecule has 2 heteroatoms. The molecular weight excluding hydrogens is 653 g/mol. The molecule has 1 aliphatic carbocycles. The first-order chi connectivity index (χ1) is 26.3. The van der Waals surface area contributed by atoms with Crippen molar-refractivity contribution in [1.82, 2.24) is 0 Å². The van der Waals surface area contributed by atoms with Crippen LogP contribution in [0.3, 0.4) is 0 Å². The van der Waals surface area contributed by atoms with Gasteiger partial charge in [-0.05, 0) is 117 Å². The van der Waals surface area contributed by atoms with Crippen LogP contribution in [-0.4, -0.2) is 0 Å². The first-order valence-corrected chi connectivity index (χ1v) is 19.2.